The van der Waals surface area contributed by atoms with Crippen molar-refractivity contribution in [2.24, 2.45) is 0 Å². The lowest BCUT2D eigenvalue weighted by atomic mass is 10.1. The molecular formula is C21H19NO2. The van der Waals surface area contributed by atoms with Gasteiger partial charge in [-0.05, 0) is 41.0 Å². The van der Waals surface area contributed by atoms with Crippen molar-refractivity contribution in [3.05, 3.63) is 108 Å². The van der Waals surface area contributed by atoms with Crippen LogP contribution in [0, 0.1) is 0 Å². The second-order valence-electron chi connectivity index (χ2n) is 5.53. The van der Waals surface area contributed by atoms with Gasteiger partial charge in [0, 0.05) is 18.9 Å². The Bertz CT molecular complexity index is 776. The maximum absolute atomic E-state index is 11.5. The molecule has 0 atom stereocenters. The molecule has 1 heterocycles. The van der Waals surface area contributed by atoms with Crippen LogP contribution in [0.4, 0.5) is 0 Å². The smallest absolute Gasteiger partial charge is 0.220 e. The Morgan fingerprint density at radius 3 is 2.38 bits per heavy atom. The Kier molecular flexibility index (Phi) is 4.92. The first-order valence-electron chi connectivity index (χ1n) is 7.81. The topological polar surface area (TPSA) is 29.5 Å². The molecule has 120 valence electrons. The molecule has 0 saturated heterocycles. The molecule has 0 amide bonds. The average molecular weight is 317 g/mol. The van der Waals surface area contributed by atoms with Gasteiger partial charge in [0.25, 0.3) is 0 Å². The first-order valence-corrected chi connectivity index (χ1v) is 7.81. The first kappa shape index (κ1) is 15.8. The number of carbonyl (C=O) groups excluding carboxylic acids is 1. The van der Waals surface area contributed by atoms with E-state index in [4.69, 9.17) is 4.74 Å². The molecule has 1 aromatic carbocycles. The van der Waals surface area contributed by atoms with Gasteiger partial charge < -0.3 is 9.64 Å². The van der Waals surface area contributed by atoms with Crippen LogP contribution in [0.1, 0.15) is 5.56 Å². The van der Waals surface area contributed by atoms with Crippen molar-refractivity contribution < 1.29 is 9.53 Å². The Morgan fingerprint density at radius 1 is 0.958 bits per heavy atom. The molecule has 0 fully saturated rings. The van der Waals surface area contributed by atoms with E-state index in [0.717, 1.165) is 17.7 Å². The molecule has 0 bridgehead atoms. The van der Waals surface area contributed by atoms with Crippen LogP contribution in [0.5, 0.6) is 0 Å². The van der Waals surface area contributed by atoms with E-state index in [-0.39, 0.29) is 5.78 Å². The van der Waals surface area contributed by atoms with Crippen LogP contribution in [0.15, 0.2) is 102 Å². The average Bonchev–Trinajstić information content (AvgIpc) is 2.63. The third-order valence-electron chi connectivity index (χ3n) is 3.78. The van der Waals surface area contributed by atoms with Crippen LogP contribution < -0.4 is 0 Å². The van der Waals surface area contributed by atoms with E-state index in [1.165, 1.54) is 18.7 Å². The number of carbonyl (C=O) groups is 1. The van der Waals surface area contributed by atoms with Crippen LogP contribution >= 0.6 is 0 Å². The number of rotatable bonds is 4. The molecule has 1 aliphatic carbocycles. The minimum absolute atomic E-state index is 0.101. The number of allylic oxidation sites excluding steroid dienone is 9. The molecule has 3 rings (SSSR count). The van der Waals surface area contributed by atoms with E-state index in [2.05, 4.69) is 53.7 Å². The van der Waals surface area contributed by atoms with E-state index < -0.39 is 0 Å². The molecule has 3 nitrogen and oxygen atoms in total. The SMILES string of the molecule is COC1=CC(=CC=C2C=CN(Cc3ccccc3)C=C2)C=CC1=O. The lowest BCUT2D eigenvalue weighted by Gasteiger charge is -2.18. The van der Waals surface area contributed by atoms with Crippen molar-refractivity contribution in [2.45, 2.75) is 6.54 Å². The number of hydrogen-bond acceptors (Lipinski definition) is 3. The van der Waals surface area contributed by atoms with E-state index in [0.29, 0.717) is 5.76 Å². The van der Waals surface area contributed by atoms with E-state index in [1.807, 2.05) is 18.2 Å². The molecule has 0 radical (unpaired) electrons. The van der Waals surface area contributed by atoms with Gasteiger partial charge in [-0.25, -0.2) is 0 Å². The first-order chi connectivity index (χ1) is 11.7. The molecule has 1 aromatic rings. The molecule has 24 heavy (non-hydrogen) atoms. The highest BCUT2D eigenvalue weighted by Gasteiger charge is 2.10. The minimum Gasteiger partial charge on any atom is -0.493 e. The Morgan fingerprint density at radius 2 is 1.67 bits per heavy atom. The highest BCUT2D eigenvalue weighted by Crippen LogP contribution is 2.16. The lowest BCUT2D eigenvalue weighted by Crippen LogP contribution is -2.11. The summed E-state index contributed by atoms with van der Waals surface area (Å²) in [5.41, 5.74) is 3.31. The molecular weight excluding hydrogens is 298 g/mol. The van der Waals surface area contributed by atoms with Crippen molar-refractivity contribution in [3.63, 3.8) is 0 Å². The summed E-state index contributed by atoms with van der Waals surface area (Å²) >= 11 is 0. The van der Waals surface area contributed by atoms with Crippen molar-refractivity contribution in [2.75, 3.05) is 7.11 Å². The third kappa shape index (κ3) is 4.02. The summed E-state index contributed by atoms with van der Waals surface area (Å²) in [6.07, 6.45) is 17.3. The van der Waals surface area contributed by atoms with Gasteiger partial charge in [-0.1, -0.05) is 48.6 Å². The summed E-state index contributed by atoms with van der Waals surface area (Å²) in [4.78, 5) is 13.7. The van der Waals surface area contributed by atoms with Gasteiger partial charge in [-0.3, -0.25) is 4.79 Å². The third-order valence-corrected chi connectivity index (χ3v) is 3.78. The van der Waals surface area contributed by atoms with E-state index >= 15 is 0 Å². The Labute approximate surface area is 142 Å². The van der Waals surface area contributed by atoms with Gasteiger partial charge in [-0.2, -0.15) is 0 Å². The largest absolute Gasteiger partial charge is 0.493 e. The quantitative estimate of drug-likeness (QED) is 0.839. The standard InChI is InChI=1S/C21H19NO2/c1-24-21-15-18(9-10-20(21)23)8-7-17-11-13-22(14-12-17)16-19-5-3-2-4-6-19/h2-15H,16H2,1H3. The maximum atomic E-state index is 11.5. The normalized spacial score (nSPS) is 18.1. The zero-order chi connectivity index (χ0) is 16.8. The summed E-state index contributed by atoms with van der Waals surface area (Å²) in [5, 5.41) is 0. The molecule has 0 unspecified atom stereocenters. The van der Waals surface area contributed by atoms with Gasteiger partial charge in [0.1, 0.15) is 0 Å². The van der Waals surface area contributed by atoms with Gasteiger partial charge in [-0.15, -0.1) is 0 Å². The number of ether oxygens (including phenoxy) is 1. The van der Waals surface area contributed by atoms with Crippen molar-refractivity contribution in [1.29, 1.82) is 0 Å². The highest BCUT2D eigenvalue weighted by atomic mass is 16.5. The number of ketones is 1. The van der Waals surface area contributed by atoms with Crippen molar-refractivity contribution in [1.82, 2.24) is 4.90 Å². The molecule has 3 heteroatoms. The molecule has 0 saturated carbocycles. The predicted molar refractivity (Wildman–Crippen MR) is 95.7 cm³/mol. The van der Waals surface area contributed by atoms with Crippen molar-refractivity contribution in [3.8, 4) is 0 Å². The second kappa shape index (κ2) is 7.47. The van der Waals surface area contributed by atoms with Crippen molar-refractivity contribution >= 4 is 5.78 Å². The number of hydrogen-bond donors (Lipinski definition) is 0. The molecule has 0 aromatic heterocycles. The fraction of sp³-hybridized carbons (Fsp3) is 0.0952. The minimum atomic E-state index is -0.101. The van der Waals surface area contributed by atoms with E-state index in [1.54, 1.807) is 12.2 Å². The molecule has 2 aliphatic rings. The summed E-state index contributed by atoms with van der Waals surface area (Å²) in [6.45, 7) is 0.854. The fourth-order valence-corrected chi connectivity index (χ4v) is 2.46. The summed E-state index contributed by atoms with van der Waals surface area (Å²) in [7, 11) is 1.51. The van der Waals surface area contributed by atoms with Gasteiger partial charge >= 0.3 is 0 Å². The molecule has 0 N–H and O–H groups in total. The molecule has 1 aliphatic heterocycles. The number of nitrogens with zero attached hydrogens (tertiary/aromatic N) is 1. The predicted octanol–water partition coefficient (Wildman–Crippen LogP) is 4.05. The summed E-state index contributed by atoms with van der Waals surface area (Å²) in [6, 6.07) is 10.4. The highest BCUT2D eigenvalue weighted by molar-refractivity contribution is 6.04. The van der Waals surface area contributed by atoms with Gasteiger partial charge in [0.05, 0.1) is 7.11 Å². The zero-order valence-electron chi connectivity index (χ0n) is 13.6. The second-order valence-corrected chi connectivity index (χ2v) is 5.53. The maximum Gasteiger partial charge on any atom is 0.220 e. The molecule has 0 spiro atoms. The fourth-order valence-electron chi connectivity index (χ4n) is 2.46. The van der Waals surface area contributed by atoms with Crippen LogP contribution in [0.25, 0.3) is 0 Å². The van der Waals surface area contributed by atoms with Gasteiger partial charge in [0.15, 0.2) is 5.76 Å². The Balaban J connectivity index is 1.65. The van der Waals surface area contributed by atoms with E-state index in [9.17, 15) is 4.79 Å². The number of methoxy groups -OCH3 is 1. The van der Waals surface area contributed by atoms with Gasteiger partial charge in [0.2, 0.25) is 5.78 Å². The Hall–Kier alpha value is -3.07. The van der Waals surface area contributed by atoms with Crippen LogP contribution in [-0.4, -0.2) is 17.8 Å². The van der Waals surface area contributed by atoms with Crippen LogP contribution in [0.3, 0.4) is 0 Å². The monoisotopic (exact) mass is 317 g/mol. The zero-order valence-corrected chi connectivity index (χ0v) is 13.6. The lowest BCUT2D eigenvalue weighted by molar-refractivity contribution is -0.114. The van der Waals surface area contributed by atoms with Crippen LogP contribution in [-0.2, 0) is 16.1 Å². The van der Waals surface area contributed by atoms with Crippen LogP contribution in [0.2, 0.25) is 0 Å². The summed E-state index contributed by atoms with van der Waals surface area (Å²) in [5.74, 6) is 0.266. The summed E-state index contributed by atoms with van der Waals surface area (Å²) < 4.78 is 5.06. The number of benzene rings is 1.